The first kappa shape index (κ1) is 22.6. The van der Waals surface area contributed by atoms with Crippen molar-refractivity contribution in [3.05, 3.63) is 95.6 Å². The van der Waals surface area contributed by atoms with Crippen LogP contribution in [0.5, 0.6) is 5.75 Å². The van der Waals surface area contributed by atoms with E-state index in [0.717, 1.165) is 22.4 Å². The van der Waals surface area contributed by atoms with E-state index in [0.29, 0.717) is 25.3 Å². The van der Waals surface area contributed by atoms with Crippen molar-refractivity contribution in [2.45, 2.75) is 31.8 Å². The van der Waals surface area contributed by atoms with Crippen LogP contribution >= 0.6 is 0 Å². The van der Waals surface area contributed by atoms with Gasteiger partial charge in [0.15, 0.2) is 0 Å². The Kier molecular flexibility index (Phi) is 7.05. The lowest BCUT2D eigenvalue weighted by Gasteiger charge is -2.25. The quantitative estimate of drug-likeness (QED) is 0.546. The monoisotopic (exact) mass is 444 g/mol. The Balaban J connectivity index is 1.49. The molecule has 1 aliphatic heterocycles. The fourth-order valence-corrected chi connectivity index (χ4v) is 4.06. The molecule has 2 atom stereocenters. The van der Waals surface area contributed by atoms with Crippen molar-refractivity contribution in [2.75, 3.05) is 18.1 Å². The van der Waals surface area contributed by atoms with E-state index < -0.39 is 17.9 Å². The third-order valence-electron chi connectivity index (χ3n) is 5.91. The van der Waals surface area contributed by atoms with Gasteiger partial charge in [0, 0.05) is 0 Å². The fraction of sp³-hybridized carbons (Fsp3) is 0.259. The highest BCUT2D eigenvalue weighted by Crippen LogP contribution is 2.32. The average Bonchev–Trinajstić information content (AvgIpc) is 2.95. The Morgan fingerprint density at radius 2 is 1.76 bits per heavy atom. The predicted octanol–water partition coefficient (Wildman–Crippen LogP) is 4.14. The molecule has 0 saturated carbocycles. The van der Waals surface area contributed by atoms with Crippen molar-refractivity contribution in [2.24, 2.45) is 0 Å². The van der Waals surface area contributed by atoms with Crippen LogP contribution in [0.2, 0.25) is 0 Å². The van der Waals surface area contributed by atoms with E-state index in [4.69, 9.17) is 4.74 Å². The molecule has 33 heavy (non-hydrogen) atoms. The van der Waals surface area contributed by atoms with Gasteiger partial charge in [0.1, 0.15) is 18.4 Å². The van der Waals surface area contributed by atoms with Gasteiger partial charge in [0.05, 0.1) is 18.2 Å². The highest BCUT2D eigenvalue weighted by Gasteiger charge is 2.31. The first-order chi connectivity index (χ1) is 16.0. The van der Waals surface area contributed by atoms with Gasteiger partial charge >= 0.3 is 5.97 Å². The minimum Gasteiger partial charge on any atom is -0.489 e. The molecule has 0 radical (unpaired) electrons. The Morgan fingerprint density at radius 3 is 2.48 bits per heavy atom. The molecule has 3 aromatic rings. The lowest BCUT2D eigenvalue weighted by molar-refractivity contribution is -0.138. The number of carboxylic acids is 1. The maximum absolute atomic E-state index is 13.5. The highest BCUT2D eigenvalue weighted by molar-refractivity contribution is 5.99. The molecule has 2 N–H and O–H groups in total. The molecule has 1 amide bonds. The van der Waals surface area contributed by atoms with E-state index >= 15 is 0 Å². The lowest BCUT2D eigenvalue weighted by atomic mass is 9.96. The Morgan fingerprint density at radius 1 is 1.06 bits per heavy atom. The number of nitrogens with one attached hydrogen (secondary N) is 1. The maximum Gasteiger partial charge on any atom is 0.311 e. The fourth-order valence-electron chi connectivity index (χ4n) is 4.06. The minimum absolute atomic E-state index is 0.0906. The number of carbonyl (C=O) groups is 2. The second-order valence-electron chi connectivity index (χ2n) is 8.29. The molecule has 6 heteroatoms. The number of aliphatic carboxylic acids is 1. The van der Waals surface area contributed by atoms with E-state index in [-0.39, 0.29) is 12.5 Å². The highest BCUT2D eigenvalue weighted by atomic mass is 16.5. The molecule has 0 saturated heterocycles. The molecule has 4 rings (SSSR count). The van der Waals surface area contributed by atoms with Gasteiger partial charge in [-0.3, -0.25) is 9.59 Å². The molecule has 0 aromatic heterocycles. The van der Waals surface area contributed by atoms with Crippen molar-refractivity contribution < 1.29 is 19.4 Å². The molecule has 0 spiro atoms. The summed E-state index contributed by atoms with van der Waals surface area (Å²) in [7, 11) is 0. The van der Waals surface area contributed by atoms with Crippen molar-refractivity contribution >= 4 is 17.6 Å². The van der Waals surface area contributed by atoms with Crippen LogP contribution in [0.1, 0.15) is 29.0 Å². The molecule has 3 aromatic carbocycles. The van der Waals surface area contributed by atoms with Crippen LogP contribution in [0.15, 0.2) is 78.9 Å². The summed E-state index contributed by atoms with van der Waals surface area (Å²) in [4.78, 5) is 27.1. The summed E-state index contributed by atoms with van der Waals surface area (Å²) in [5, 5.41) is 12.9. The standard InChI is InChI=1S/C27H28N2O4/c1-19-11-13-20(14-12-19)17-29-24-9-5-6-10-25(24)33-18-23(26(29)30)28-16-15-22(27(31)32)21-7-3-2-4-8-21/h2-14,22-23,28H,15-18H2,1H3,(H,31,32)/t22-,23-/m0/s1. The van der Waals surface area contributed by atoms with Crippen LogP contribution in [0.4, 0.5) is 5.69 Å². The van der Waals surface area contributed by atoms with E-state index in [9.17, 15) is 14.7 Å². The first-order valence-corrected chi connectivity index (χ1v) is 11.1. The Hall–Kier alpha value is -3.64. The molecular formula is C27H28N2O4. The second-order valence-corrected chi connectivity index (χ2v) is 8.29. The predicted molar refractivity (Wildman–Crippen MR) is 128 cm³/mol. The van der Waals surface area contributed by atoms with Gasteiger partial charge in [-0.15, -0.1) is 0 Å². The topological polar surface area (TPSA) is 78.9 Å². The van der Waals surface area contributed by atoms with E-state index in [1.165, 1.54) is 0 Å². The van der Waals surface area contributed by atoms with Gasteiger partial charge in [0.25, 0.3) is 0 Å². The van der Waals surface area contributed by atoms with Crippen molar-refractivity contribution in [3.63, 3.8) is 0 Å². The van der Waals surface area contributed by atoms with Crippen LogP contribution in [-0.2, 0) is 16.1 Å². The van der Waals surface area contributed by atoms with E-state index in [1.807, 2.05) is 85.8 Å². The third-order valence-corrected chi connectivity index (χ3v) is 5.91. The number of ether oxygens (including phenoxy) is 1. The maximum atomic E-state index is 13.5. The number of carbonyl (C=O) groups excluding carboxylic acids is 1. The van der Waals surface area contributed by atoms with Crippen LogP contribution in [0.25, 0.3) is 0 Å². The minimum atomic E-state index is -0.875. The van der Waals surface area contributed by atoms with Crippen LogP contribution in [0.3, 0.4) is 0 Å². The molecule has 0 bridgehead atoms. The van der Waals surface area contributed by atoms with Gasteiger partial charge in [-0.1, -0.05) is 72.3 Å². The number of para-hydroxylation sites is 2. The summed E-state index contributed by atoms with van der Waals surface area (Å²) in [6.45, 7) is 3.02. The molecule has 1 aliphatic rings. The molecule has 170 valence electrons. The SMILES string of the molecule is Cc1ccc(CN2C(=O)[C@@H](NCC[C@H](C(=O)O)c3ccccc3)COc3ccccc32)cc1. The van der Waals surface area contributed by atoms with E-state index in [2.05, 4.69) is 5.32 Å². The van der Waals surface area contributed by atoms with Crippen molar-refractivity contribution in [3.8, 4) is 5.75 Å². The van der Waals surface area contributed by atoms with Gasteiger partial charge < -0.3 is 20.1 Å². The Labute approximate surface area is 193 Å². The largest absolute Gasteiger partial charge is 0.489 e. The number of anilines is 1. The van der Waals surface area contributed by atoms with Crippen LogP contribution < -0.4 is 15.0 Å². The number of fused-ring (bicyclic) bond motifs is 1. The number of nitrogens with zero attached hydrogens (tertiary/aromatic N) is 1. The van der Waals surface area contributed by atoms with Gasteiger partial charge in [-0.05, 0) is 43.1 Å². The average molecular weight is 445 g/mol. The number of hydrogen-bond acceptors (Lipinski definition) is 4. The zero-order chi connectivity index (χ0) is 23.2. The van der Waals surface area contributed by atoms with Crippen molar-refractivity contribution in [1.29, 1.82) is 0 Å². The smallest absolute Gasteiger partial charge is 0.311 e. The molecule has 1 heterocycles. The zero-order valence-electron chi connectivity index (χ0n) is 18.6. The van der Waals surface area contributed by atoms with Gasteiger partial charge in [-0.2, -0.15) is 0 Å². The number of aryl methyl sites for hydroxylation is 1. The number of hydrogen-bond donors (Lipinski definition) is 2. The summed E-state index contributed by atoms with van der Waals surface area (Å²) in [5.41, 5.74) is 3.68. The molecule has 6 nitrogen and oxygen atoms in total. The Bertz CT molecular complexity index is 1100. The van der Waals surface area contributed by atoms with Gasteiger partial charge in [-0.25, -0.2) is 0 Å². The van der Waals surface area contributed by atoms with Gasteiger partial charge in [0.2, 0.25) is 5.91 Å². The van der Waals surface area contributed by atoms with Crippen LogP contribution in [0, 0.1) is 6.92 Å². The number of amides is 1. The van der Waals surface area contributed by atoms with Crippen LogP contribution in [-0.4, -0.2) is 36.2 Å². The zero-order valence-corrected chi connectivity index (χ0v) is 18.6. The number of carboxylic acid groups (broad SMARTS) is 1. The summed E-state index contributed by atoms with van der Waals surface area (Å²) in [6, 6.07) is 24.2. The van der Waals surface area contributed by atoms with Crippen molar-refractivity contribution in [1.82, 2.24) is 5.32 Å². The number of rotatable bonds is 8. The normalized spacial score (nSPS) is 16.5. The third kappa shape index (κ3) is 5.41. The lowest BCUT2D eigenvalue weighted by Crippen LogP contribution is -2.48. The molecule has 0 unspecified atom stereocenters. The second kappa shape index (κ2) is 10.3. The van der Waals surface area contributed by atoms with E-state index in [1.54, 1.807) is 4.90 Å². The summed E-state index contributed by atoms with van der Waals surface area (Å²) < 4.78 is 5.97. The molecule has 0 aliphatic carbocycles. The summed E-state index contributed by atoms with van der Waals surface area (Å²) in [6.07, 6.45) is 0.369. The summed E-state index contributed by atoms with van der Waals surface area (Å²) in [5.74, 6) is -0.941. The first-order valence-electron chi connectivity index (χ1n) is 11.1. The summed E-state index contributed by atoms with van der Waals surface area (Å²) >= 11 is 0. The molecular weight excluding hydrogens is 416 g/mol. The number of benzene rings is 3. The molecule has 0 fully saturated rings.